The third kappa shape index (κ3) is 79.3. The second kappa shape index (κ2) is 78.0. The maximum absolute atomic E-state index is 13.0. The van der Waals surface area contributed by atoms with Crippen molar-refractivity contribution in [2.24, 2.45) is 0 Å². The maximum Gasteiger partial charge on any atom is 0.472 e. The summed E-state index contributed by atoms with van der Waals surface area (Å²) in [6, 6.07) is 0. The van der Waals surface area contributed by atoms with Gasteiger partial charge < -0.3 is 34.2 Å². The van der Waals surface area contributed by atoms with Crippen LogP contribution in [0.2, 0.25) is 0 Å². The highest BCUT2D eigenvalue weighted by Crippen LogP contribution is 2.45. The Kier molecular flexibility index (Phi) is 73.8. The molecule has 594 valence electrons. The first-order chi connectivity index (χ1) is 51.2. The zero-order valence-corrected chi connectivity index (χ0v) is 66.6. The van der Waals surface area contributed by atoms with Crippen molar-refractivity contribution in [1.82, 2.24) is 0 Å². The first-order valence-corrected chi connectivity index (χ1v) is 42.7. The van der Waals surface area contributed by atoms with Crippen LogP contribution in [0, 0.1) is 0 Å². The number of carbonyl (C=O) groups excluding carboxylic acids is 3. The summed E-state index contributed by atoms with van der Waals surface area (Å²) >= 11 is 0. The molecule has 0 radical (unpaired) electrons. The summed E-state index contributed by atoms with van der Waals surface area (Å²) in [6.07, 6.45) is 102. The number of phosphoric ester groups is 2. The second-order valence-corrected chi connectivity index (χ2v) is 28.6. The molecule has 0 saturated heterocycles. The fraction of sp³-hybridized carbons (Fsp3) is 0.598. The first-order valence-electron chi connectivity index (χ1n) is 39.7. The number of esters is 3. The molecule has 0 amide bonds. The van der Waals surface area contributed by atoms with Gasteiger partial charge in [0, 0.05) is 19.3 Å². The lowest BCUT2D eigenvalue weighted by Crippen LogP contribution is -2.30. The second-order valence-electron chi connectivity index (χ2n) is 25.7. The molecular weight excluding hydrogens is 1360 g/mol. The smallest absolute Gasteiger partial charge is 0.463 e. The van der Waals surface area contributed by atoms with Crippen LogP contribution in [0.25, 0.3) is 0 Å². The lowest BCUT2D eigenvalue weighted by atomic mass is 10.0. The molecule has 0 bridgehead atoms. The van der Waals surface area contributed by atoms with Crippen molar-refractivity contribution in [3.8, 4) is 0 Å². The van der Waals surface area contributed by atoms with E-state index in [-0.39, 0.29) is 19.3 Å². The summed E-state index contributed by atoms with van der Waals surface area (Å²) in [4.78, 5) is 58.7. The number of aliphatic hydroxyl groups excluding tert-OH is 2. The Balaban J connectivity index is 4.67. The van der Waals surface area contributed by atoms with Gasteiger partial charge in [0.05, 0.1) is 26.4 Å². The minimum absolute atomic E-state index is 0.0474. The number of phosphoric acid groups is 2. The fourth-order valence-electron chi connectivity index (χ4n) is 9.86. The molecule has 0 aromatic rings. The molecule has 16 nitrogen and oxygen atoms in total. The molecule has 5 unspecified atom stereocenters. The van der Waals surface area contributed by atoms with Crippen molar-refractivity contribution in [1.29, 1.82) is 0 Å². The molecule has 0 aliphatic rings. The number of ether oxygens (including phenoxy) is 3. The van der Waals surface area contributed by atoms with Crippen LogP contribution in [0.1, 0.15) is 278 Å². The molecule has 18 heteroatoms. The minimum Gasteiger partial charge on any atom is -0.463 e. The van der Waals surface area contributed by atoms with E-state index in [1.54, 1.807) is 0 Å². The molecule has 5 atom stereocenters. The van der Waals surface area contributed by atoms with Crippen LogP contribution in [0.5, 0.6) is 0 Å². The van der Waals surface area contributed by atoms with Gasteiger partial charge in [-0.25, -0.2) is 9.13 Å². The van der Waals surface area contributed by atoms with Gasteiger partial charge in [0.2, 0.25) is 0 Å². The van der Waals surface area contributed by atoms with Crippen LogP contribution in [0.15, 0.2) is 194 Å². The highest BCUT2D eigenvalue weighted by atomic mass is 31.2. The van der Waals surface area contributed by atoms with Gasteiger partial charge in [0.25, 0.3) is 0 Å². The molecule has 0 heterocycles. The lowest BCUT2D eigenvalue weighted by Gasteiger charge is -2.21. The van der Waals surface area contributed by atoms with Crippen molar-refractivity contribution in [2.75, 3.05) is 39.6 Å². The largest absolute Gasteiger partial charge is 0.472 e. The summed E-state index contributed by atoms with van der Waals surface area (Å²) in [5, 5.41) is 20.7. The normalized spacial score (nSPS) is 15.0. The number of rotatable bonds is 73. The number of allylic oxidation sites excluding steroid dienone is 32. The molecule has 0 fully saturated rings. The van der Waals surface area contributed by atoms with E-state index >= 15 is 0 Å². The quantitative estimate of drug-likeness (QED) is 0.0146. The van der Waals surface area contributed by atoms with E-state index in [0.717, 1.165) is 161 Å². The van der Waals surface area contributed by atoms with E-state index in [1.165, 1.54) is 57.8 Å². The van der Waals surface area contributed by atoms with E-state index in [9.17, 15) is 43.5 Å². The van der Waals surface area contributed by atoms with E-state index in [0.29, 0.717) is 19.3 Å². The monoisotopic (exact) mass is 1500 g/mol. The van der Waals surface area contributed by atoms with Gasteiger partial charge in [-0.2, -0.15) is 0 Å². The van der Waals surface area contributed by atoms with Gasteiger partial charge in [0.15, 0.2) is 6.10 Å². The zero-order chi connectivity index (χ0) is 76.6. The topological polar surface area (TPSA) is 231 Å². The van der Waals surface area contributed by atoms with Crippen molar-refractivity contribution in [3.63, 3.8) is 0 Å². The molecule has 105 heavy (non-hydrogen) atoms. The van der Waals surface area contributed by atoms with Crippen LogP contribution in [-0.2, 0) is 55.8 Å². The van der Waals surface area contributed by atoms with Gasteiger partial charge in [-0.05, 0) is 161 Å². The Hall–Kier alpha value is -5.61. The summed E-state index contributed by atoms with van der Waals surface area (Å²) in [7, 11) is -9.83. The Morgan fingerprint density at radius 1 is 0.267 bits per heavy atom. The Bertz CT molecular complexity index is 2690. The zero-order valence-electron chi connectivity index (χ0n) is 64.8. The number of hydrogen-bond donors (Lipinski definition) is 4. The number of unbranched alkanes of at least 4 members (excludes halogenated alkanes) is 18. The average molecular weight is 1500 g/mol. The predicted molar refractivity (Wildman–Crippen MR) is 435 cm³/mol. The SMILES string of the molecule is CC/C=C\C/C=C\C/C=C\C/C=C\C/C=C\C/C=C\CCCCC(=O)OCC(COP(=O)(O)OCC(O)COP(=O)(O)OCC(O)COC(=O)CCCCCCCCCCCCCCC/C=C\C/C=C\C/C=C\C/C=C\C/C=C\CC)OC(=O)CCCCC/C=C\C/C=C\C/C=C\C/C=C\C/C=C\CC. The molecule has 0 spiro atoms. The van der Waals surface area contributed by atoms with Crippen molar-refractivity contribution in [2.45, 2.75) is 296 Å². The minimum atomic E-state index is -4.96. The molecule has 0 aliphatic heterocycles. The van der Waals surface area contributed by atoms with Gasteiger partial charge in [-0.3, -0.25) is 32.5 Å². The number of aliphatic hydroxyl groups is 2. The fourth-order valence-corrected chi connectivity index (χ4v) is 11.4. The Morgan fingerprint density at radius 2 is 0.476 bits per heavy atom. The molecular formula is C87H140O16P2. The number of carbonyl (C=O) groups is 3. The highest BCUT2D eigenvalue weighted by Gasteiger charge is 2.29. The molecule has 0 rings (SSSR count). The molecule has 0 aromatic heterocycles. The Labute approximate surface area is 636 Å². The van der Waals surface area contributed by atoms with Crippen LogP contribution in [0.4, 0.5) is 0 Å². The van der Waals surface area contributed by atoms with Crippen molar-refractivity contribution < 1.29 is 75.8 Å². The van der Waals surface area contributed by atoms with E-state index in [4.69, 9.17) is 32.3 Å². The van der Waals surface area contributed by atoms with Crippen molar-refractivity contribution >= 4 is 33.6 Å². The summed E-state index contributed by atoms with van der Waals surface area (Å²) in [5.74, 6) is -1.68. The molecule has 0 saturated carbocycles. The summed E-state index contributed by atoms with van der Waals surface area (Å²) in [5.41, 5.74) is 0. The average Bonchev–Trinajstić information content (AvgIpc) is 0.923. The van der Waals surface area contributed by atoms with Crippen LogP contribution < -0.4 is 0 Å². The molecule has 4 N–H and O–H groups in total. The number of hydrogen-bond acceptors (Lipinski definition) is 14. The lowest BCUT2D eigenvalue weighted by molar-refractivity contribution is -0.161. The van der Waals surface area contributed by atoms with Gasteiger partial charge in [-0.1, -0.05) is 292 Å². The predicted octanol–water partition coefficient (Wildman–Crippen LogP) is 23.5. The third-order valence-electron chi connectivity index (χ3n) is 15.8. The van der Waals surface area contributed by atoms with Crippen LogP contribution in [0.3, 0.4) is 0 Å². The van der Waals surface area contributed by atoms with Gasteiger partial charge >= 0.3 is 33.6 Å². The molecule has 0 aromatic carbocycles. The summed E-state index contributed by atoms with van der Waals surface area (Å²) in [6.45, 7) is 2.22. The molecule has 0 aliphatic carbocycles. The summed E-state index contributed by atoms with van der Waals surface area (Å²) < 4.78 is 61.1. The highest BCUT2D eigenvalue weighted by molar-refractivity contribution is 7.47. The van der Waals surface area contributed by atoms with E-state index in [1.807, 2.05) is 0 Å². The first kappa shape index (κ1) is 99.4. The standard InChI is InChI=1S/C87H140O16P2/c1-4-7-10-13-16-19-22-25-28-31-34-36-37-38-39-40-41-42-43-45-48-49-52-55-58-61-64-67-70-73-85(90)97-76-82(88)77-99-104(93,94)100-78-83(89)79-101-105(95,96)102-81-84(103-87(92)75-72-69-66-63-60-57-54-51-46-33-30-27-24-21-18-15-12-9-6-3)80-98-86(91)74-71-68-65-62-59-56-53-50-47-44-35-32-29-26-23-20-17-14-11-8-5-2/h7-12,16-21,25-30,34-36,38-39,44,46,50-51,53,57,59-60,62,82-84,88-89H,4-6,13-15,22-24,31-33,37,40-43,45,47-49,52,54-56,58,61,63-81H2,1-3H3,(H,93,94)(H,95,96)/b10-7-,11-8-,12-9-,19-16-,20-17-,21-18-,28-25-,29-26-,30-27-,36-34-,39-38-,44-35-,51-46-,53-50-,60-57-,62-59-. The van der Waals surface area contributed by atoms with Crippen molar-refractivity contribution in [3.05, 3.63) is 194 Å². The van der Waals surface area contributed by atoms with Crippen LogP contribution in [-0.4, -0.2) is 95.9 Å². The van der Waals surface area contributed by atoms with Crippen LogP contribution >= 0.6 is 15.6 Å². The Morgan fingerprint density at radius 3 is 0.781 bits per heavy atom. The van der Waals surface area contributed by atoms with E-state index in [2.05, 4.69) is 215 Å². The third-order valence-corrected chi connectivity index (χ3v) is 17.7. The maximum atomic E-state index is 13.0. The van der Waals surface area contributed by atoms with E-state index < -0.39 is 91.5 Å². The van der Waals surface area contributed by atoms with Gasteiger partial charge in [-0.15, -0.1) is 0 Å². The van der Waals surface area contributed by atoms with Gasteiger partial charge in [0.1, 0.15) is 25.4 Å².